The number of aliphatic hydroxyl groups excluding tert-OH is 1. The third kappa shape index (κ3) is 7.59. The van der Waals surface area contributed by atoms with Gasteiger partial charge in [0, 0.05) is 16.7 Å². The lowest BCUT2D eigenvalue weighted by molar-refractivity contribution is -0.325. The highest BCUT2D eigenvalue weighted by molar-refractivity contribution is 5.90. The zero-order valence-electron chi connectivity index (χ0n) is 21.2. The number of aliphatic hydroxyl groups is 2. The molecule has 10 heteroatoms. The summed E-state index contributed by atoms with van der Waals surface area (Å²) in [6.45, 7) is 9.27. The Labute approximate surface area is 220 Å². The van der Waals surface area contributed by atoms with E-state index in [1.165, 1.54) is 13.8 Å². The lowest BCUT2D eigenvalue weighted by Gasteiger charge is -2.22. The maximum Gasteiger partial charge on any atom is 0.338 e. The van der Waals surface area contributed by atoms with Gasteiger partial charge in [0.05, 0.1) is 12.2 Å². The predicted molar refractivity (Wildman–Crippen MR) is 134 cm³/mol. The summed E-state index contributed by atoms with van der Waals surface area (Å²) in [6.07, 6.45) is -1.80. The van der Waals surface area contributed by atoms with E-state index in [0.717, 1.165) is 11.1 Å². The SMILES string of the molecule is C=C(C)C(=O)OCC(O)COC(=O)c1ccc(-c2ccc(C3(O)OCC(COC(=O)C(=C)C)O3)cc2)cc1. The first-order valence-electron chi connectivity index (χ1n) is 11.7. The molecule has 10 nitrogen and oxygen atoms in total. The Kier molecular flexibility index (Phi) is 9.54. The van der Waals surface area contributed by atoms with Crippen LogP contribution in [0.4, 0.5) is 0 Å². The van der Waals surface area contributed by atoms with Crippen molar-refractivity contribution in [3.8, 4) is 11.1 Å². The second-order valence-electron chi connectivity index (χ2n) is 8.80. The molecule has 0 bridgehead atoms. The largest absolute Gasteiger partial charge is 0.459 e. The van der Waals surface area contributed by atoms with Crippen molar-refractivity contribution in [1.29, 1.82) is 0 Å². The summed E-state index contributed by atoms with van der Waals surface area (Å²) in [5.41, 5.74) is 2.70. The zero-order chi connectivity index (χ0) is 27.9. The van der Waals surface area contributed by atoms with E-state index in [-0.39, 0.29) is 43.1 Å². The van der Waals surface area contributed by atoms with Crippen LogP contribution in [0.5, 0.6) is 0 Å². The fraction of sp³-hybridized carbons (Fsp3) is 0.321. The lowest BCUT2D eigenvalue weighted by Crippen LogP contribution is -2.29. The van der Waals surface area contributed by atoms with Crippen molar-refractivity contribution in [3.05, 3.63) is 84.0 Å². The molecule has 0 aromatic heterocycles. The van der Waals surface area contributed by atoms with E-state index in [9.17, 15) is 24.6 Å². The van der Waals surface area contributed by atoms with Crippen molar-refractivity contribution in [2.24, 2.45) is 0 Å². The Morgan fingerprint density at radius 3 is 2.03 bits per heavy atom. The summed E-state index contributed by atoms with van der Waals surface area (Å²) in [4.78, 5) is 35.2. The van der Waals surface area contributed by atoms with Crippen molar-refractivity contribution in [2.75, 3.05) is 26.4 Å². The zero-order valence-corrected chi connectivity index (χ0v) is 21.2. The monoisotopic (exact) mass is 526 g/mol. The summed E-state index contributed by atoms with van der Waals surface area (Å²) in [5.74, 6) is -3.80. The van der Waals surface area contributed by atoms with Crippen LogP contribution < -0.4 is 0 Å². The maximum absolute atomic E-state index is 12.3. The summed E-state index contributed by atoms with van der Waals surface area (Å²) < 4.78 is 25.9. The van der Waals surface area contributed by atoms with Gasteiger partial charge in [-0.1, -0.05) is 49.6 Å². The van der Waals surface area contributed by atoms with Crippen LogP contribution >= 0.6 is 0 Å². The van der Waals surface area contributed by atoms with Gasteiger partial charge < -0.3 is 33.9 Å². The molecule has 3 rings (SSSR count). The van der Waals surface area contributed by atoms with Crippen LogP contribution in [0, 0.1) is 0 Å². The topological polar surface area (TPSA) is 138 Å². The molecule has 0 amide bonds. The molecule has 3 atom stereocenters. The number of ether oxygens (including phenoxy) is 5. The number of hydrogen-bond donors (Lipinski definition) is 2. The number of carbonyl (C=O) groups is 3. The second-order valence-corrected chi connectivity index (χ2v) is 8.80. The number of benzene rings is 2. The van der Waals surface area contributed by atoms with E-state index in [4.69, 9.17) is 23.7 Å². The Morgan fingerprint density at radius 1 is 0.921 bits per heavy atom. The van der Waals surface area contributed by atoms with Gasteiger partial charge in [0.15, 0.2) is 0 Å². The quantitative estimate of drug-likeness (QED) is 0.255. The number of hydrogen-bond acceptors (Lipinski definition) is 10. The van der Waals surface area contributed by atoms with Gasteiger partial charge in [-0.3, -0.25) is 0 Å². The lowest BCUT2D eigenvalue weighted by atomic mass is 10.0. The van der Waals surface area contributed by atoms with Gasteiger partial charge in [-0.2, -0.15) is 0 Å². The predicted octanol–water partition coefficient (Wildman–Crippen LogP) is 2.63. The van der Waals surface area contributed by atoms with Gasteiger partial charge in [-0.25, -0.2) is 14.4 Å². The molecule has 1 aliphatic heterocycles. The number of carbonyl (C=O) groups excluding carboxylic acids is 3. The second kappa shape index (κ2) is 12.6. The van der Waals surface area contributed by atoms with Gasteiger partial charge in [0.1, 0.15) is 32.0 Å². The first-order chi connectivity index (χ1) is 18.0. The molecule has 3 unspecified atom stereocenters. The Hall–Kier alpha value is -3.83. The molecule has 1 aliphatic rings. The van der Waals surface area contributed by atoms with Crippen molar-refractivity contribution in [3.63, 3.8) is 0 Å². The van der Waals surface area contributed by atoms with Crippen LogP contribution in [-0.2, 0) is 39.2 Å². The van der Waals surface area contributed by atoms with Crippen LogP contribution in [0.3, 0.4) is 0 Å². The molecule has 2 N–H and O–H groups in total. The van der Waals surface area contributed by atoms with Crippen molar-refractivity contribution >= 4 is 17.9 Å². The first-order valence-corrected chi connectivity index (χ1v) is 11.7. The molecule has 202 valence electrons. The molecule has 0 saturated carbocycles. The minimum absolute atomic E-state index is 0.0377. The van der Waals surface area contributed by atoms with E-state index >= 15 is 0 Å². The van der Waals surface area contributed by atoms with E-state index in [2.05, 4.69) is 13.2 Å². The van der Waals surface area contributed by atoms with Gasteiger partial charge in [-0.05, 0) is 37.1 Å². The summed E-state index contributed by atoms with van der Waals surface area (Å²) in [7, 11) is 0. The summed E-state index contributed by atoms with van der Waals surface area (Å²) >= 11 is 0. The number of rotatable bonds is 11. The number of esters is 3. The molecule has 0 spiro atoms. The maximum atomic E-state index is 12.3. The van der Waals surface area contributed by atoms with Crippen LogP contribution in [0.1, 0.15) is 29.8 Å². The highest BCUT2D eigenvalue weighted by atomic mass is 16.9. The molecule has 38 heavy (non-hydrogen) atoms. The smallest absolute Gasteiger partial charge is 0.338 e. The minimum Gasteiger partial charge on any atom is -0.459 e. The van der Waals surface area contributed by atoms with Crippen molar-refractivity contribution in [1.82, 2.24) is 0 Å². The van der Waals surface area contributed by atoms with Gasteiger partial charge in [0.25, 0.3) is 0 Å². The van der Waals surface area contributed by atoms with Crippen molar-refractivity contribution < 1.29 is 48.3 Å². The standard InChI is InChI=1S/C28H30O10/c1-17(2)25(30)34-13-23(29)14-35-27(32)21-7-5-19(6-8-21)20-9-11-22(12-10-20)28(33)37-16-24(38-28)15-36-26(31)18(3)4/h5-12,23-24,29,33H,1,3,13-16H2,2,4H3. The molecule has 2 aromatic rings. The van der Waals surface area contributed by atoms with Gasteiger partial charge >= 0.3 is 23.9 Å². The van der Waals surface area contributed by atoms with Crippen LogP contribution in [0.2, 0.25) is 0 Å². The van der Waals surface area contributed by atoms with E-state index in [1.807, 2.05) is 0 Å². The average molecular weight is 527 g/mol. The molecule has 2 aromatic carbocycles. The molecular formula is C28H30O10. The van der Waals surface area contributed by atoms with E-state index in [1.54, 1.807) is 48.5 Å². The van der Waals surface area contributed by atoms with Crippen LogP contribution in [-0.4, -0.2) is 66.8 Å². The van der Waals surface area contributed by atoms with Crippen LogP contribution in [0.15, 0.2) is 72.8 Å². The molecule has 0 radical (unpaired) electrons. The molecule has 1 fully saturated rings. The fourth-order valence-corrected chi connectivity index (χ4v) is 3.30. The third-order valence-electron chi connectivity index (χ3n) is 5.41. The summed E-state index contributed by atoms with van der Waals surface area (Å²) in [6, 6.07) is 13.4. The van der Waals surface area contributed by atoms with E-state index < -0.39 is 36.1 Å². The fourth-order valence-electron chi connectivity index (χ4n) is 3.30. The minimum atomic E-state index is -1.97. The van der Waals surface area contributed by atoms with Gasteiger partial charge in [-0.15, -0.1) is 0 Å². The van der Waals surface area contributed by atoms with Gasteiger partial charge in [0.2, 0.25) is 0 Å². The average Bonchev–Trinajstić information content (AvgIpc) is 3.30. The Morgan fingerprint density at radius 2 is 1.45 bits per heavy atom. The molecule has 1 saturated heterocycles. The van der Waals surface area contributed by atoms with E-state index in [0.29, 0.717) is 5.56 Å². The van der Waals surface area contributed by atoms with Crippen LogP contribution in [0.25, 0.3) is 11.1 Å². The highest BCUT2D eigenvalue weighted by Gasteiger charge is 2.42. The highest BCUT2D eigenvalue weighted by Crippen LogP contribution is 2.33. The molecule has 0 aliphatic carbocycles. The molecular weight excluding hydrogens is 496 g/mol. The summed E-state index contributed by atoms with van der Waals surface area (Å²) in [5, 5.41) is 20.6. The third-order valence-corrected chi connectivity index (χ3v) is 5.41. The normalized spacial score (nSPS) is 19.3. The molecule has 1 heterocycles. The Bertz CT molecular complexity index is 1190. The van der Waals surface area contributed by atoms with Crippen molar-refractivity contribution in [2.45, 2.75) is 32.0 Å². The first kappa shape index (κ1) is 28.7. The Balaban J connectivity index is 1.53.